The lowest BCUT2D eigenvalue weighted by molar-refractivity contribution is -0.144. The van der Waals surface area contributed by atoms with Gasteiger partial charge in [0.15, 0.2) is 0 Å². The highest BCUT2D eigenvalue weighted by Crippen LogP contribution is 2.27. The third-order valence-corrected chi connectivity index (χ3v) is 2.84. The van der Waals surface area contributed by atoms with E-state index in [4.69, 9.17) is 16.3 Å². The second-order valence-corrected chi connectivity index (χ2v) is 4.52. The number of hydrogen-bond acceptors (Lipinski definition) is 3. The molecule has 0 radical (unpaired) electrons. The summed E-state index contributed by atoms with van der Waals surface area (Å²) in [5.74, 6) is -0.290. The zero-order chi connectivity index (χ0) is 12.9. The first-order valence-electron chi connectivity index (χ1n) is 5.60. The van der Waals surface area contributed by atoms with Gasteiger partial charge in [-0.2, -0.15) is 0 Å². The number of hydrogen-bond donors (Lipinski definition) is 1. The Hall–Kier alpha value is -1.06. The van der Waals surface area contributed by atoms with Crippen LogP contribution in [0.2, 0.25) is 5.02 Å². The largest absolute Gasteiger partial charge is 0.466 e. The van der Waals surface area contributed by atoms with Crippen LogP contribution in [0.4, 0.5) is 0 Å². The fourth-order valence-corrected chi connectivity index (χ4v) is 1.66. The Balaban J connectivity index is 2.61. The topological polar surface area (TPSA) is 46.5 Å². The van der Waals surface area contributed by atoms with Crippen molar-refractivity contribution in [2.45, 2.75) is 32.3 Å². The zero-order valence-corrected chi connectivity index (χ0v) is 10.8. The van der Waals surface area contributed by atoms with Gasteiger partial charge in [-0.25, -0.2) is 0 Å². The molecule has 94 valence electrons. The molecule has 1 rings (SSSR count). The summed E-state index contributed by atoms with van der Waals surface area (Å²) in [7, 11) is 0. The van der Waals surface area contributed by atoms with Crippen LogP contribution < -0.4 is 0 Å². The number of esters is 1. The van der Waals surface area contributed by atoms with E-state index in [1.165, 1.54) is 0 Å². The molecule has 0 saturated carbocycles. The highest BCUT2D eigenvalue weighted by atomic mass is 35.5. The van der Waals surface area contributed by atoms with Gasteiger partial charge >= 0.3 is 5.97 Å². The molecule has 1 aromatic carbocycles. The van der Waals surface area contributed by atoms with Crippen molar-refractivity contribution in [2.24, 2.45) is 0 Å². The highest BCUT2D eigenvalue weighted by Gasteiger charge is 2.24. The van der Waals surface area contributed by atoms with Crippen LogP contribution >= 0.6 is 11.6 Å². The molecule has 0 aromatic heterocycles. The van der Waals surface area contributed by atoms with Crippen LogP contribution in [0.25, 0.3) is 0 Å². The van der Waals surface area contributed by atoms with Crippen LogP contribution in [-0.2, 0) is 15.1 Å². The van der Waals surface area contributed by atoms with Gasteiger partial charge in [-0.15, -0.1) is 0 Å². The molecule has 1 unspecified atom stereocenters. The molecule has 0 saturated heterocycles. The van der Waals surface area contributed by atoms with Crippen molar-refractivity contribution in [1.82, 2.24) is 0 Å². The molecule has 4 heteroatoms. The molecular weight excluding hydrogens is 240 g/mol. The molecular formula is C13H17ClO3. The van der Waals surface area contributed by atoms with Crippen molar-refractivity contribution in [1.29, 1.82) is 0 Å². The van der Waals surface area contributed by atoms with Crippen molar-refractivity contribution in [3.8, 4) is 0 Å². The van der Waals surface area contributed by atoms with Crippen LogP contribution in [0.15, 0.2) is 24.3 Å². The van der Waals surface area contributed by atoms with E-state index in [0.717, 1.165) is 5.56 Å². The zero-order valence-electron chi connectivity index (χ0n) is 10.1. The summed E-state index contributed by atoms with van der Waals surface area (Å²) in [6.07, 6.45) is 0.525. The van der Waals surface area contributed by atoms with Gasteiger partial charge < -0.3 is 9.84 Å². The quantitative estimate of drug-likeness (QED) is 0.824. The lowest BCUT2D eigenvalue weighted by atomic mass is 9.91. The molecule has 0 heterocycles. The lowest BCUT2D eigenvalue weighted by Gasteiger charge is -2.23. The minimum atomic E-state index is -1.04. The summed E-state index contributed by atoms with van der Waals surface area (Å²) < 4.78 is 4.82. The fourth-order valence-electron chi connectivity index (χ4n) is 1.53. The first kappa shape index (κ1) is 14.0. The molecule has 1 atom stereocenters. The molecule has 0 aliphatic rings. The van der Waals surface area contributed by atoms with Gasteiger partial charge in [0.05, 0.1) is 12.2 Å². The Morgan fingerprint density at radius 2 is 2.00 bits per heavy atom. The summed E-state index contributed by atoms with van der Waals surface area (Å²) in [4.78, 5) is 11.2. The molecule has 1 N–H and O–H groups in total. The lowest BCUT2D eigenvalue weighted by Crippen LogP contribution is -2.22. The predicted molar refractivity (Wildman–Crippen MR) is 66.9 cm³/mol. The Labute approximate surface area is 106 Å². The van der Waals surface area contributed by atoms with Crippen molar-refractivity contribution in [3.05, 3.63) is 34.9 Å². The van der Waals surface area contributed by atoms with Crippen LogP contribution in [0, 0.1) is 0 Å². The van der Waals surface area contributed by atoms with Gasteiger partial charge in [-0.05, 0) is 38.0 Å². The number of aliphatic hydroxyl groups is 1. The second kappa shape index (κ2) is 6.03. The third-order valence-electron chi connectivity index (χ3n) is 2.59. The van der Waals surface area contributed by atoms with E-state index >= 15 is 0 Å². The molecule has 0 bridgehead atoms. The summed E-state index contributed by atoms with van der Waals surface area (Å²) in [5, 5.41) is 10.9. The van der Waals surface area contributed by atoms with Gasteiger partial charge in [0, 0.05) is 11.4 Å². The number of rotatable bonds is 5. The molecule has 1 aromatic rings. The van der Waals surface area contributed by atoms with Gasteiger partial charge in [0.2, 0.25) is 0 Å². The Morgan fingerprint density at radius 1 is 1.41 bits per heavy atom. The van der Waals surface area contributed by atoms with E-state index in [2.05, 4.69) is 0 Å². The summed E-state index contributed by atoms with van der Waals surface area (Å²) in [6, 6.07) is 6.95. The number of benzene rings is 1. The smallest absolute Gasteiger partial charge is 0.305 e. The minimum Gasteiger partial charge on any atom is -0.466 e. The normalized spacial score (nSPS) is 14.1. The second-order valence-electron chi connectivity index (χ2n) is 4.09. The maximum absolute atomic E-state index is 11.2. The third kappa shape index (κ3) is 4.36. The van der Waals surface area contributed by atoms with Crippen LogP contribution in [0.5, 0.6) is 0 Å². The van der Waals surface area contributed by atoms with Crippen molar-refractivity contribution >= 4 is 17.6 Å². The van der Waals surface area contributed by atoms with E-state index < -0.39 is 5.60 Å². The molecule has 17 heavy (non-hydrogen) atoms. The van der Waals surface area contributed by atoms with Gasteiger partial charge in [-0.1, -0.05) is 23.7 Å². The summed E-state index contributed by atoms with van der Waals surface area (Å²) in [6.45, 7) is 3.80. The van der Waals surface area contributed by atoms with E-state index in [1.54, 1.807) is 38.1 Å². The number of ether oxygens (including phenoxy) is 1. The molecule has 0 aliphatic heterocycles. The van der Waals surface area contributed by atoms with Crippen molar-refractivity contribution in [2.75, 3.05) is 6.61 Å². The average molecular weight is 257 g/mol. The van der Waals surface area contributed by atoms with E-state index in [9.17, 15) is 9.90 Å². The van der Waals surface area contributed by atoms with Gasteiger partial charge in [0.25, 0.3) is 0 Å². The standard InChI is InChI=1S/C13H17ClO3/c1-3-17-12(15)8-9-13(2,16)10-4-6-11(14)7-5-10/h4-7,16H,3,8-9H2,1-2H3. The average Bonchev–Trinajstić information content (AvgIpc) is 2.28. The molecule has 0 fully saturated rings. The molecule has 0 amide bonds. The maximum atomic E-state index is 11.2. The Bertz CT molecular complexity index is 371. The Kier molecular flexibility index (Phi) is 4.97. The predicted octanol–water partition coefficient (Wildman–Crippen LogP) is 2.89. The molecule has 0 spiro atoms. The van der Waals surface area contributed by atoms with Gasteiger partial charge in [-0.3, -0.25) is 4.79 Å². The fraction of sp³-hybridized carbons (Fsp3) is 0.462. The highest BCUT2D eigenvalue weighted by molar-refractivity contribution is 6.30. The van der Waals surface area contributed by atoms with Crippen molar-refractivity contribution in [3.63, 3.8) is 0 Å². The summed E-state index contributed by atoms with van der Waals surface area (Å²) in [5.41, 5.74) is -0.302. The van der Waals surface area contributed by atoms with Crippen LogP contribution in [0.1, 0.15) is 32.3 Å². The monoisotopic (exact) mass is 256 g/mol. The van der Waals surface area contributed by atoms with E-state index in [0.29, 0.717) is 18.1 Å². The minimum absolute atomic E-state index is 0.198. The SMILES string of the molecule is CCOC(=O)CCC(C)(O)c1ccc(Cl)cc1. The molecule has 3 nitrogen and oxygen atoms in total. The van der Waals surface area contributed by atoms with Crippen molar-refractivity contribution < 1.29 is 14.6 Å². The van der Waals surface area contributed by atoms with Crippen LogP contribution in [-0.4, -0.2) is 17.7 Å². The molecule has 0 aliphatic carbocycles. The van der Waals surface area contributed by atoms with E-state index in [1.807, 2.05) is 0 Å². The first-order chi connectivity index (χ1) is 7.95. The number of halogens is 1. The summed E-state index contributed by atoms with van der Waals surface area (Å²) >= 11 is 5.77. The van der Waals surface area contributed by atoms with Crippen LogP contribution in [0.3, 0.4) is 0 Å². The number of carbonyl (C=O) groups is 1. The first-order valence-corrected chi connectivity index (χ1v) is 5.97. The maximum Gasteiger partial charge on any atom is 0.305 e. The van der Waals surface area contributed by atoms with E-state index in [-0.39, 0.29) is 12.4 Å². The van der Waals surface area contributed by atoms with Gasteiger partial charge in [0.1, 0.15) is 0 Å². The Morgan fingerprint density at radius 3 is 2.53 bits per heavy atom. The number of carbonyl (C=O) groups excluding carboxylic acids is 1.